The minimum Gasteiger partial charge on any atom is -0.371 e. The largest absolute Gasteiger partial charge is 0.371 e. The van der Waals surface area contributed by atoms with Crippen molar-refractivity contribution in [1.29, 1.82) is 0 Å². The van der Waals surface area contributed by atoms with Crippen LogP contribution in [0.25, 0.3) is 0 Å². The zero-order chi connectivity index (χ0) is 15.0. The van der Waals surface area contributed by atoms with Crippen molar-refractivity contribution in [3.63, 3.8) is 0 Å². The summed E-state index contributed by atoms with van der Waals surface area (Å²) in [5, 5.41) is 0. The van der Waals surface area contributed by atoms with Gasteiger partial charge >= 0.3 is 0 Å². The average molecular weight is 277 g/mol. The van der Waals surface area contributed by atoms with Gasteiger partial charge in [-0.3, -0.25) is 4.79 Å². The second-order valence-electron chi connectivity index (χ2n) is 5.36. The molecule has 1 aromatic rings. The van der Waals surface area contributed by atoms with E-state index in [0.29, 0.717) is 13.0 Å². The van der Waals surface area contributed by atoms with Crippen molar-refractivity contribution in [2.45, 2.75) is 26.2 Å². The van der Waals surface area contributed by atoms with E-state index >= 15 is 0 Å². The minimum atomic E-state index is 0.188. The van der Waals surface area contributed by atoms with Gasteiger partial charge in [0, 0.05) is 39.3 Å². The zero-order valence-electron chi connectivity index (χ0n) is 12.9. The fourth-order valence-corrected chi connectivity index (χ4v) is 2.05. The van der Waals surface area contributed by atoms with Gasteiger partial charge in [0.1, 0.15) is 0 Å². The summed E-state index contributed by atoms with van der Waals surface area (Å²) in [5.74, 6) is 0.188. The summed E-state index contributed by atoms with van der Waals surface area (Å²) in [6, 6.07) is 8.52. The minimum absolute atomic E-state index is 0.188. The molecular weight excluding hydrogens is 250 g/mol. The molecule has 112 valence electrons. The molecule has 4 heteroatoms. The summed E-state index contributed by atoms with van der Waals surface area (Å²) in [5.41, 5.74) is 8.08. The summed E-state index contributed by atoms with van der Waals surface area (Å²) in [6.45, 7) is 4.61. The molecule has 2 N–H and O–H groups in total. The van der Waals surface area contributed by atoms with Crippen LogP contribution in [0.5, 0.6) is 0 Å². The van der Waals surface area contributed by atoms with Crippen LogP contribution in [0.3, 0.4) is 0 Å². The number of aryl methyl sites for hydroxylation is 1. The Morgan fingerprint density at radius 1 is 1.10 bits per heavy atom. The van der Waals surface area contributed by atoms with Crippen molar-refractivity contribution >= 4 is 11.6 Å². The molecule has 0 aliphatic carbocycles. The smallest absolute Gasteiger partial charge is 0.222 e. The summed E-state index contributed by atoms with van der Waals surface area (Å²) >= 11 is 0. The van der Waals surface area contributed by atoms with Crippen molar-refractivity contribution in [2.24, 2.45) is 5.73 Å². The lowest BCUT2D eigenvalue weighted by molar-refractivity contribution is -0.128. The molecule has 0 unspecified atom stereocenters. The van der Waals surface area contributed by atoms with Crippen molar-refractivity contribution in [3.05, 3.63) is 29.8 Å². The molecule has 1 rings (SSSR count). The van der Waals surface area contributed by atoms with Crippen molar-refractivity contribution in [2.75, 3.05) is 38.6 Å². The average Bonchev–Trinajstić information content (AvgIpc) is 2.43. The van der Waals surface area contributed by atoms with E-state index in [2.05, 4.69) is 36.1 Å². The molecule has 0 heterocycles. The highest BCUT2D eigenvalue weighted by atomic mass is 16.2. The van der Waals surface area contributed by atoms with Crippen LogP contribution < -0.4 is 10.6 Å². The summed E-state index contributed by atoms with van der Waals surface area (Å²) in [6.07, 6.45) is 2.43. The van der Waals surface area contributed by atoms with Crippen LogP contribution in [0.1, 0.15) is 24.8 Å². The van der Waals surface area contributed by atoms with E-state index in [9.17, 15) is 4.79 Å². The Hall–Kier alpha value is -1.55. The second-order valence-corrected chi connectivity index (χ2v) is 5.36. The Balaban J connectivity index is 2.56. The number of nitrogens with two attached hydrogens (primary N) is 1. The van der Waals surface area contributed by atoms with E-state index in [1.54, 1.807) is 19.0 Å². The molecule has 0 aliphatic heterocycles. The van der Waals surface area contributed by atoms with Gasteiger partial charge in [-0.05, 0) is 38.4 Å². The fourth-order valence-electron chi connectivity index (χ4n) is 2.05. The standard InChI is InChI=1S/C16H27N3O/c1-14-7-9-15(10-8-14)19(13-5-11-17)12-4-6-16(20)18(2)3/h7-10H,4-6,11-13,17H2,1-3H3. The van der Waals surface area contributed by atoms with Crippen molar-refractivity contribution in [3.8, 4) is 0 Å². The maximum atomic E-state index is 11.6. The van der Waals surface area contributed by atoms with Gasteiger partial charge in [-0.2, -0.15) is 0 Å². The third-order valence-electron chi connectivity index (χ3n) is 3.35. The van der Waals surface area contributed by atoms with Gasteiger partial charge < -0.3 is 15.5 Å². The van der Waals surface area contributed by atoms with Crippen LogP contribution in [0.2, 0.25) is 0 Å². The third-order valence-corrected chi connectivity index (χ3v) is 3.35. The number of hydrogen-bond donors (Lipinski definition) is 1. The molecule has 1 aromatic carbocycles. The predicted molar refractivity (Wildman–Crippen MR) is 85.0 cm³/mol. The molecule has 0 saturated heterocycles. The highest BCUT2D eigenvalue weighted by Crippen LogP contribution is 2.16. The predicted octanol–water partition coefficient (Wildman–Crippen LogP) is 2.02. The molecule has 0 saturated carbocycles. The van der Waals surface area contributed by atoms with Gasteiger partial charge in [0.2, 0.25) is 5.91 Å². The Bertz CT molecular complexity index is 401. The van der Waals surface area contributed by atoms with Crippen LogP contribution in [-0.4, -0.2) is 44.5 Å². The first-order valence-corrected chi connectivity index (χ1v) is 7.26. The normalized spacial score (nSPS) is 10.4. The summed E-state index contributed by atoms with van der Waals surface area (Å²) in [4.78, 5) is 15.6. The fraction of sp³-hybridized carbons (Fsp3) is 0.562. The molecule has 0 spiro atoms. The monoisotopic (exact) mass is 277 g/mol. The van der Waals surface area contributed by atoms with Gasteiger partial charge in [0.15, 0.2) is 0 Å². The van der Waals surface area contributed by atoms with Crippen LogP contribution in [0.4, 0.5) is 5.69 Å². The highest BCUT2D eigenvalue weighted by molar-refractivity contribution is 5.75. The van der Waals surface area contributed by atoms with Gasteiger partial charge in [-0.25, -0.2) is 0 Å². The van der Waals surface area contributed by atoms with Crippen LogP contribution in [-0.2, 0) is 4.79 Å². The van der Waals surface area contributed by atoms with Gasteiger partial charge in [-0.15, -0.1) is 0 Å². The molecule has 0 bridgehead atoms. The number of anilines is 1. The van der Waals surface area contributed by atoms with E-state index in [1.807, 2.05) is 0 Å². The molecule has 20 heavy (non-hydrogen) atoms. The Morgan fingerprint density at radius 2 is 1.70 bits per heavy atom. The molecular formula is C16H27N3O. The number of amides is 1. The summed E-state index contributed by atoms with van der Waals surface area (Å²) in [7, 11) is 3.60. The lowest BCUT2D eigenvalue weighted by atomic mass is 10.2. The first kappa shape index (κ1) is 16.5. The van der Waals surface area contributed by atoms with E-state index in [-0.39, 0.29) is 5.91 Å². The second kappa shape index (κ2) is 8.59. The van der Waals surface area contributed by atoms with Crippen LogP contribution in [0, 0.1) is 6.92 Å². The quantitative estimate of drug-likeness (QED) is 0.791. The topological polar surface area (TPSA) is 49.6 Å². The van der Waals surface area contributed by atoms with Gasteiger partial charge in [0.25, 0.3) is 0 Å². The number of benzene rings is 1. The lowest BCUT2D eigenvalue weighted by Crippen LogP contribution is -2.29. The first-order chi connectivity index (χ1) is 9.54. The number of carbonyl (C=O) groups is 1. The van der Waals surface area contributed by atoms with Gasteiger partial charge in [0.05, 0.1) is 0 Å². The van der Waals surface area contributed by atoms with Gasteiger partial charge in [-0.1, -0.05) is 17.7 Å². The van der Waals surface area contributed by atoms with E-state index < -0.39 is 0 Å². The molecule has 0 aromatic heterocycles. The SMILES string of the molecule is Cc1ccc(N(CCCN)CCCC(=O)N(C)C)cc1. The molecule has 4 nitrogen and oxygen atoms in total. The first-order valence-electron chi connectivity index (χ1n) is 7.26. The highest BCUT2D eigenvalue weighted by Gasteiger charge is 2.08. The molecule has 0 fully saturated rings. The Kier molecular flexibility index (Phi) is 7.09. The van der Waals surface area contributed by atoms with Crippen molar-refractivity contribution < 1.29 is 4.79 Å². The Morgan fingerprint density at radius 3 is 2.25 bits per heavy atom. The molecule has 0 radical (unpaired) electrons. The number of carbonyl (C=O) groups excluding carboxylic acids is 1. The lowest BCUT2D eigenvalue weighted by Gasteiger charge is -2.25. The van der Waals surface area contributed by atoms with E-state index in [1.165, 1.54) is 11.3 Å². The zero-order valence-corrected chi connectivity index (χ0v) is 12.9. The third kappa shape index (κ3) is 5.61. The van der Waals surface area contributed by atoms with E-state index in [4.69, 9.17) is 5.73 Å². The van der Waals surface area contributed by atoms with E-state index in [0.717, 1.165) is 25.9 Å². The van der Waals surface area contributed by atoms with Crippen LogP contribution >= 0.6 is 0 Å². The summed E-state index contributed by atoms with van der Waals surface area (Å²) < 4.78 is 0. The Labute approximate surface area is 122 Å². The maximum Gasteiger partial charge on any atom is 0.222 e. The van der Waals surface area contributed by atoms with Crippen molar-refractivity contribution in [1.82, 2.24) is 4.90 Å². The van der Waals surface area contributed by atoms with Crippen LogP contribution in [0.15, 0.2) is 24.3 Å². The number of rotatable bonds is 8. The maximum absolute atomic E-state index is 11.6. The number of hydrogen-bond acceptors (Lipinski definition) is 3. The molecule has 0 aliphatic rings. The molecule has 0 atom stereocenters. The molecule has 1 amide bonds. The number of nitrogens with zero attached hydrogens (tertiary/aromatic N) is 2.